The summed E-state index contributed by atoms with van der Waals surface area (Å²) in [6.45, 7) is 6.55. The van der Waals surface area contributed by atoms with E-state index in [2.05, 4.69) is 28.1 Å². The maximum atomic E-state index is 12.5. The number of nitrogens with zero attached hydrogens (tertiary/aromatic N) is 2. The number of nitrogens with one attached hydrogen (secondary N) is 1. The van der Waals surface area contributed by atoms with Crippen molar-refractivity contribution in [3.05, 3.63) is 70.1 Å². The lowest BCUT2D eigenvalue weighted by Gasteiger charge is -2.34. The Labute approximate surface area is 192 Å². The van der Waals surface area contributed by atoms with E-state index in [0.717, 1.165) is 54.1 Å². The Bertz CT molecular complexity index is 1150. The fraction of sp³-hybridized carbons (Fsp3) is 0.360. The van der Waals surface area contributed by atoms with Gasteiger partial charge in [0.1, 0.15) is 5.58 Å². The summed E-state index contributed by atoms with van der Waals surface area (Å²) in [6.07, 6.45) is 2.96. The number of amides is 1. The molecule has 4 rings (SSSR count). The summed E-state index contributed by atoms with van der Waals surface area (Å²) in [7, 11) is 0. The second-order valence-corrected chi connectivity index (χ2v) is 8.99. The summed E-state index contributed by atoms with van der Waals surface area (Å²) < 4.78 is 5.39. The number of piperazine rings is 1. The lowest BCUT2D eigenvalue weighted by atomic mass is 10.0. The number of carbonyl (C=O) groups is 1. The van der Waals surface area contributed by atoms with Gasteiger partial charge in [-0.15, -0.1) is 11.8 Å². The van der Waals surface area contributed by atoms with Crippen LogP contribution in [0.1, 0.15) is 18.1 Å². The van der Waals surface area contributed by atoms with Crippen molar-refractivity contribution in [3.8, 4) is 0 Å². The van der Waals surface area contributed by atoms with Crippen LogP contribution in [0.15, 0.2) is 62.6 Å². The number of benzene rings is 2. The molecule has 3 aromatic rings. The van der Waals surface area contributed by atoms with Crippen LogP contribution in [-0.4, -0.2) is 54.7 Å². The quantitative estimate of drug-likeness (QED) is 0.435. The second kappa shape index (κ2) is 10.3. The van der Waals surface area contributed by atoms with E-state index in [0.29, 0.717) is 18.7 Å². The molecular weight excluding hydrogens is 422 g/mol. The fourth-order valence-electron chi connectivity index (χ4n) is 4.08. The molecular formula is C25H29N3O3S. The minimum absolute atomic E-state index is 0.00968. The van der Waals surface area contributed by atoms with E-state index in [1.807, 2.05) is 42.7 Å². The van der Waals surface area contributed by atoms with Crippen LogP contribution in [0.5, 0.6) is 0 Å². The number of hydrogen-bond acceptors (Lipinski definition) is 6. The summed E-state index contributed by atoms with van der Waals surface area (Å²) in [5, 5.41) is 4.01. The molecule has 6 nitrogen and oxygen atoms in total. The van der Waals surface area contributed by atoms with Gasteiger partial charge in [0.25, 0.3) is 0 Å². The zero-order valence-electron chi connectivity index (χ0n) is 18.6. The molecule has 1 amide bonds. The lowest BCUT2D eigenvalue weighted by Crippen LogP contribution is -2.48. The predicted molar refractivity (Wildman–Crippen MR) is 130 cm³/mol. The van der Waals surface area contributed by atoms with Crippen LogP contribution in [0.3, 0.4) is 0 Å². The topological polar surface area (TPSA) is 65.8 Å². The Morgan fingerprint density at radius 2 is 1.84 bits per heavy atom. The predicted octanol–water partition coefficient (Wildman–Crippen LogP) is 3.83. The summed E-state index contributed by atoms with van der Waals surface area (Å²) >= 11 is 1.66. The molecule has 1 aromatic heterocycles. The first-order chi connectivity index (χ1) is 15.5. The van der Waals surface area contributed by atoms with E-state index >= 15 is 0 Å². The SMILES string of the molecule is CCc1ccc2oc(=O)cc(CN3CCN(CC(=O)Nc4cccc(SC)c4)CC3)c2c1. The molecule has 0 unspecified atom stereocenters. The molecule has 0 saturated carbocycles. The van der Waals surface area contributed by atoms with Gasteiger partial charge in [-0.2, -0.15) is 0 Å². The monoisotopic (exact) mass is 451 g/mol. The third-order valence-corrected chi connectivity index (χ3v) is 6.61. The molecule has 7 heteroatoms. The van der Waals surface area contributed by atoms with E-state index in [1.165, 1.54) is 5.56 Å². The van der Waals surface area contributed by atoms with Crippen molar-refractivity contribution in [1.82, 2.24) is 9.80 Å². The highest BCUT2D eigenvalue weighted by Crippen LogP contribution is 2.22. The van der Waals surface area contributed by atoms with E-state index in [-0.39, 0.29) is 11.5 Å². The van der Waals surface area contributed by atoms with Gasteiger partial charge in [0.05, 0.1) is 6.54 Å². The highest BCUT2D eigenvalue weighted by Gasteiger charge is 2.20. The van der Waals surface area contributed by atoms with Crippen LogP contribution < -0.4 is 10.9 Å². The highest BCUT2D eigenvalue weighted by atomic mass is 32.2. The van der Waals surface area contributed by atoms with Gasteiger partial charge in [0.2, 0.25) is 5.91 Å². The summed E-state index contributed by atoms with van der Waals surface area (Å²) in [4.78, 5) is 30.1. The minimum Gasteiger partial charge on any atom is -0.423 e. The number of rotatable bonds is 7. The smallest absolute Gasteiger partial charge is 0.336 e. The van der Waals surface area contributed by atoms with Gasteiger partial charge in [-0.1, -0.05) is 19.1 Å². The largest absolute Gasteiger partial charge is 0.423 e. The number of thioether (sulfide) groups is 1. The summed E-state index contributed by atoms with van der Waals surface area (Å²) in [5.74, 6) is 0.00968. The lowest BCUT2D eigenvalue weighted by molar-refractivity contribution is -0.117. The van der Waals surface area contributed by atoms with Gasteiger partial charge in [0.15, 0.2) is 0 Å². The van der Waals surface area contributed by atoms with Crippen LogP contribution in [0.25, 0.3) is 11.0 Å². The summed E-state index contributed by atoms with van der Waals surface area (Å²) in [5.41, 5.74) is 3.41. The Kier molecular flexibility index (Phi) is 7.29. The Morgan fingerprint density at radius 3 is 2.59 bits per heavy atom. The molecule has 2 heterocycles. The molecule has 2 aromatic carbocycles. The van der Waals surface area contributed by atoms with Crippen molar-refractivity contribution < 1.29 is 9.21 Å². The van der Waals surface area contributed by atoms with E-state index in [4.69, 9.17) is 4.42 Å². The molecule has 32 heavy (non-hydrogen) atoms. The molecule has 0 spiro atoms. The van der Waals surface area contributed by atoms with Crippen LogP contribution in [-0.2, 0) is 17.8 Å². The Balaban J connectivity index is 1.34. The van der Waals surface area contributed by atoms with Crippen molar-refractivity contribution in [1.29, 1.82) is 0 Å². The molecule has 1 fully saturated rings. The molecule has 1 saturated heterocycles. The second-order valence-electron chi connectivity index (χ2n) is 8.11. The number of aryl methyl sites for hydroxylation is 1. The number of anilines is 1. The molecule has 0 aliphatic carbocycles. The molecule has 1 N–H and O–H groups in total. The first kappa shape index (κ1) is 22.6. The number of fused-ring (bicyclic) bond motifs is 1. The summed E-state index contributed by atoms with van der Waals surface area (Å²) in [6, 6.07) is 15.5. The van der Waals surface area contributed by atoms with E-state index in [1.54, 1.807) is 17.8 Å². The molecule has 0 atom stereocenters. The third kappa shape index (κ3) is 5.59. The van der Waals surface area contributed by atoms with Crippen molar-refractivity contribution in [2.24, 2.45) is 0 Å². The van der Waals surface area contributed by atoms with Crippen LogP contribution in [0.2, 0.25) is 0 Å². The molecule has 0 radical (unpaired) electrons. The normalized spacial score (nSPS) is 15.2. The standard InChI is InChI=1S/C25H29N3O3S/c1-3-18-7-8-23-22(13-18)19(14-25(30)31-23)16-27-9-11-28(12-10-27)17-24(29)26-20-5-4-6-21(15-20)32-2/h4-8,13-15H,3,9-12,16-17H2,1-2H3,(H,26,29). The van der Waals surface area contributed by atoms with E-state index in [9.17, 15) is 9.59 Å². The zero-order chi connectivity index (χ0) is 22.5. The number of hydrogen-bond donors (Lipinski definition) is 1. The molecule has 168 valence electrons. The Morgan fingerprint density at radius 1 is 1.06 bits per heavy atom. The first-order valence-corrected chi connectivity index (χ1v) is 12.2. The first-order valence-electron chi connectivity index (χ1n) is 11.0. The van der Waals surface area contributed by atoms with Gasteiger partial charge in [-0.25, -0.2) is 4.79 Å². The maximum absolute atomic E-state index is 12.5. The highest BCUT2D eigenvalue weighted by molar-refractivity contribution is 7.98. The van der Waals surface area contributed by atoms with Gasteiger partial charge in [-0.3, -0.25) is 14.6 Å². The number of carbonyl (C=O) groups excluding carboxylic acids is 1. The molecule has 0 bridgehead atoms. The van der Waals surface area contributed by atoms with Crippen LogP contribution >= 0.6 is 11.8 Å². The van der Waals surface area contributed by atoms with Crippen LogP contribution in [0, 0.1) is 0 Å². The van der Waals surface area contributed by atoms with Crippen molar-refractivity contribution in [3.63, 3.8) is 0 Å². The molecule has 1 aliphatic rings. The van der Waals surface area contributed by atoms with Gasteiger partial charge < -0.3 is 9.73 Å². The average molecular weight is 452 g/mol. The zero-order valence-corrected chi connectivity index (χ0v) is 19.4. The molecule has 1 aliphatic heterocycles. The maximum Gasteiger partial charge on any atom is 0.336 e. The van der Waals surface area contributed by atoms with Crippen molar-refractivity contribution in [2.75, 3.05) is 44.3 Å². The average Bonchev–Trinajstić information content (AvgIpc) is 2.80. The van der Waals surface area contributed by atoms with Gasteiger partial charge >= 0.3 is 5.63 Å². The van der Waals surface area contributed by atoms with Crippen molar-refractivity contribution in [2.45, 2.75) is 24.8 Å². The third-order valence-electron chi connectivity index (χ3n) is 5.88. The fourth-order valence-corrected chi connectivity index (χ4v) is 4.54. The van der Waals surface area contributed by atoms with Gasteiger partial charge in [0, 0.05) is 54.8 Å². The van der Waals surface area contributed by atoms with Crippen molar-refractivity contribution >= 4 is 34.3 Å². The van der Waals surface area contributed by atoms with Gasteiger partial charge in [-0.05, 0) is 54.1 Å². The Hall–Kier alpha value is -2.61. The van der Waals surface area contributed by atoms with Crippen LogP contribution in [0.4, 0.5) is 5.69 Å². The van der Waals surface area contributed by atoms with E-state index < -0.39 is 0 Å². The minimum atomic E-state index is -0.308.